The maximum absolute atomic E-state index is 13.1. The van der Waals surface area contributed by atoms with Crippen LogP contribution in [0.2, 0.25) is 0 Å². The minimum Gasteiger partial charge on any atom is -0.289 e. The number of ketones is 2. The molecule has 0 unspecified atom stereocenters. The third-order valence-electron chi connectivity index (χ3n) is 5.12. The van der Waals surface area contributed by atoms with Gasteiger partial charge in [-0.2, -0.15) is 0 Å². The molecule has 2 aliphatic rings. The average Bonchev–Trinajstić information content (AvgIpc) is 2.46. The van der Waals surface area contributed by atoms with E-state index < -0.39 is 0 Å². The van der Waals surface area contributed by atoms with Crippen molar-refractivity contribution in [1.82, 2.24) is 0 Å². The van der Waals surface area contributed by atoms with E-state index in [-0.39, 0.29) is 27.8 Å². The maximum atomic E-state index is 13.1. The van der Waals surface area contributed by atoms with Gasteiger partial charge in [0, 0.05) is 16.7 Å². The number of carbonyl (C=O) groups excluding carboxylic acids is 2. The molecule has 2 heteroatoms. The Morgan fingerprint density at radius 2 is 0.815 bits per heavy atom. The minimum atomic E-state index is -0.243. The fourth-order valence-corrected chi connectivity index (χ4v) is 3.41. The third kappa shape index (κ3) is 4.31. The lowest BCUT2D eigenvalue weighted by Crippen LogP contribution is -2.28. The van der Waals surface area contributed by atoms with E-state index >= 15 is 0 Å². The molecule has 146 valence electrons. The molecule has 0 aromatic heterocycles. The van der Waals surface area contributed by atoms with Gasteiger partial charge in [0.2, 0.25) is 0 Å². The van der Waals surface area contributed by atoms with Crippen LogP contribution in [-0.2, 0) is 9.59 Å². The van der Waals surface area contributed by atoms with E-state index in [4.69, 9.17) is 0 Å². The van der Waals surface area contributed by atoms with Crippen molar-refractivity contribution < 1.29 is 9.59 Å². The van der Waals surface area contributed by atoms with Gasteiger partial charge in [-0.15, -0.1) is 0 Å². The zero-order valence-electron chi connectivity index (χ0n) is 18.6. The molecule has 0 fully saturated rings. The summed E-state index contributed by atoms with van der Waals surface area (Å²) >= 11 is 0. The summed E-state index contributed by atoms with van der Waals surface area (Å²) in [6, 6.07) is 0. The van der Waals surface area contributed by atoms with E-state index in [1.807, 2.05) is 31.2 Å². The van der Waals surface area contributed by atoms with Crippen LogP contribution in [0.15, 0.2) is 57.7 Å². The monoisotopic (exact) mass is 366 g/mol. The van der Waals surface area contributed by atoms with Crippen LogP contribution in [0.4, 0.5) is 0 Å². The topological polar surface area (TPSA) is 34.1 Å². The first-order valence-electron chi connectivity index (χ1n) is 9.72. The molecule has 0 aromatic carbocycles. The fraction of sp³-hybridized carbons (Fsp3) is 0.520. The summed E-state index contributed by atoms with van der Waals surface area (Å²) in [7, 11) is 0. The first-order chi connectivity index (χ1) is 12.0. The van der Waals surface area contributed by atoms with E-state index in [9.17, 15) is 9.59 Å². The molecule has 0 bridgehead atoms. The first kappa shape index (κ1) is 21.3. The molecule has 0 aliphatic heterocycles. The minimum absolute atomic E-state index is 0.110. The van der Waals surface area contributed by atoms with Gasteiger partial charge in [-0.1, -0.05) is 62.3 Å². The molecular formula is C25H34O2. The predicted octanol–water partition coefficient (Wildman–Crippen LogP) is 6.31. The molecule has 0 atom stereocenters. The summed E-state index contributed by atoms with van der Waals surface area (Å²) < 4.78 is 0. The Labute approximate surface area is 164 Å². The molecule has 0 heterocycles. The first-order valence-corrected chi connectivity index (χ1v) is 9.72. The molecule has 0 amide bonds. The van der Waals surface area contributed by atoms with Crippen LogP contribution in [-0.4, -0.2) is 11.6 Å². The van der Waals surface area contributed by atoms with Gasteiger partial charge < -0.3 is 0 Å². The number of Topliss-reactive ketones (excluding diaryl/α,β-unsaturated/α-hetero) is 2. The van der Waals surface area contributed by atoms with E-state index in [0.717, 1.165) is 33.4 Å². The lowest BCUT2D eigenvalue weighted by atomic mass is 9.71. The summed E-state index contributed by atoms with van der Waals surface area (Å²) in [6.07, 6.45) is 8.00. The predicted molar refractivity (Wildman–Crippen MR) is 113 cm³/mol. The van der Waals surface area contributed by atoms with Crippen LogP contribution in [0, 0.1) is 16.2 Å². The lowest BCUT2D eigenvalue weighted by Gasteiger charge is -2.32. The SMILES string of the molecule is CC1=CC(=C2C=C(C(C)(C)C)C(=O)C(C(C)(C)C)=C2)C=C(C(C)(C)C)C1=O. The standard InChI is InChI=1S/C25H34O2/c1-15-11-16(12-18(21(15)26)23(2,3)4)17-13-19(24(5,6)7)22(27)20(14-17)25(8,9)10/h11-14H,1-10H3. The van der Waals surface area contributed by atoms with Crippen molar-refractivity contribution in [2.24, 2.45) is 16.2 Å². The van der Waals surface area contributed by atoms with Crippen molar-refractivity contribution in [3.8, 4) is 0 Å². The van der Waals surface area contributed by atoms with Crippen LogP contribution in [0.3, 0.4) is 0 Å². The van der Waals surface area contributed by atoms with Crippen LogP contribution in [0.5, 0.6) is 0 Å². The largest absolute Gasteiger partial charge is 0.289 e. The summed E-state index contributed by atoms with van der Waals surface area (Å²) in [5, 5.41) is 0. The Morgan fingerprint density at radius 3 is 1.15 bits per heavy atom. The smallest absolute Gasteiger partial charge is 0.186 e. The molecule has 2 rings (SSSR count). The highest BCUT2D eigenvalue weighted by Gasteiger charge is 2.35. The van der Waals surface area contributed by atoms with E-state index in [1.54, 1.807) is 0 Å². The number of rotatable bonds is 0. The van der Waals surface area contributed by atoms with Crippen LogP contribution >= 0.6 is 0 Å². The summed E-state index contributed by atoms with van der Waals surface area (Å²) in [4.78, 5) is 25.8. The highest BCUT2D eigenvalue weighted by molar-refractivity contribution is 6.13. The maximum Gasteiger partial charge on any atom is 0.186 e. The second kappa shape index (κ2) is 6.58. The molecule has 0 saturated heterocycles. The van der Waals surface area contributed by atoms with Gasteiger partial charge in [-0.25, -0.2) is 0 Å². The molecule has 0 N–H and O–H groups in total. The van der Waals surface area contributed by atoms with E-state index in [1.165, 1.54) is 0 Å². The summed E-state index contributed by atoms with van der Waals surface area (Å²) in [5.41, 5.74) is 4.52. The number of allylic oxidation sites excluding steroid dienone is 10. The molecule has 0 radical (unpaired) electrons. The van der Waals surface area contributed by atoms with Crippen molar-refractivity contribution >= 4 is 11.6 Å². The molecule has 2 nitrogen and oxygen atoms in total. The van der Waals surface area contributed by atoms with E-state index in [0.29, 0.717) is 0 Å². The molecule has 27 heavy (non-hydrogen) atoms. The lowest BCUT2D eigenvalue weighted by molar-refractivity contribution is -0.114. The Kier molecular flexibility index (Phi) is 5.20. The Morgan fingerprint density at radius 1 is 0.519 bits per heavy atom. The highest BCUT2D eigenvalue weighted by Crippen LogP contribution is 2.41. The molecule has 2 aliphatic carbocycles. The van der Waals surface area contributed by atoms with Gasteiger partial charge in [0.15, 0.2) is 11.6 Å². The van der Waals surface area contributed by atoms with Crippen molar-refractivity contribution in [3.05, 3.63) is 57.7 Å². The molecule has 0 spiro atoms. The molecular weight excluding hydrogens is 332 g/mol. The summed E-state index contributed by atoms with van der Waals surface area (Å²) in [5.74, 6) is 0.241. The summed E-state index contributed by atoms with van der Waals surface area (Å²) in [6.45, 7) is 20.5. The fourth-order valence-electron chi connectivity index (χ4n) is 3.41. The van der Waals surface area contributed by atoms with Gasteiger partial charge in [-0.3, -0.25) is 9.59 Å². The zero-order valence-corrected chi connectivity index (χ0v) is 18.6. The van der Waals surface area contributed by atoms with Gasteiger partial charge in [0.1, 0.15) is 0 Å². The number of hydrogen-bond acceptors (Lipinski definition) is 2. The van der Waals surface area contributed by atoms with Crippen molar-refractivity contribution in [2.45, 2.75) is 69.2 Å². The highest BCUT2D eigenvalue weighted by atomic mass is 16.1. The number of carbonyl (C=O) groups is 2. The quantitative estimate of drug-likeness (QED) is 0.503. The van der Waals surface area contributed by atoms with Gasteiger partial charge in [-0.05, 0) is 64.2 Å². The van der Waals surface area contributed by atoms with Crippen LogP contribution in [0.25, 0.3) is 0 Å². The molecule has 0 aromatic rings. The second-order valence-electron chi connectivity index (χ2n) is 10.8. The second-order valence-corrected chi connectivity index (χ2v) is 10.8. The van der Waals surface area contributed by atoms with E-state index in [2.05, 4.69) is 62.3 Å². The Hall–Kier alpha value is -1.96. The Bertz CT molecular complexity index is 809. The van der Waals surface area contributed by atoms with Crippen molar-refractivity contribution in [1.29, 1.82) is 0 Å². The van der Waals surface area contributed by atoms with Crippen LogP contribution in [0.1, 0.15) is 69.2 Å². The van der Waals surface area contributed by atoms with Crippen molar-refractivity contribution in [2.75, 3.05) is 0 Å². The van der Waals surface area contributed by atoms with Gasteiger partial charge in [0.05, 0.1) is 0 Å². The van der Waals surface area contributed by atoms with Gasteiger partial charge in [0.25, 0.3) is 0 Å². The average molecular weight is 367 g/mol. The van der Waals surface area contributed by atoms with Crippen molar-refractivity contribution in [3.63, 3.8) is 0 Å². The van der Waals surface area contributed by atoms with Crippen LogP contribution < -0.4 is 0 Å². The van der Waals surface area contributed by atoms with Gasteiger partial charge >= 0.3 is 0 Å². The molecule has 0 saturated carbocycles. The number of hydrogen-bond donors (Lipinski definition) is 0. The zero-order chi connectivity index (χ0) is 20.9. The Balaban J connectivity index is 2.81. The third-order valence-corrected chi connectivity index (χ3v) is 5.12. The normalized spacial score (nSPS) is 19.6.